The van der Waals surface area contributed by atoms with Gasteiger partial charge in [0, 0.05) is 19.5 Å². The van der Waals surface area contributed by atoms with Crippen molar-refractivity contribution in [3.05, 3.63) is 23.3 Å². The number of hydrogen-bond acceptors (Lipinski definition) is 4. The molecule has 0 amide bonds. The molecular formula is C13H20N2O3S. The van der Waals surface area contributed by atoms with Gasteiger partial charge in [-0.2, -0.15) is 0 Å². The quantitative estimate of drug-likeness (QED) is 0.838. The second-order valence-corrected chi connectivity index (χ2v) is 6.37. The van der Waals surface area contributed by atoms with Crippen LogP contribution in [0.5, 0.6) is 5.75 Å². The zero-order valence-electron chi connectivity index (χ0n) is 11.3. The van der Waals surface area contributed by atoms with E-state index in [4.69, 9.17) is 10.5 Å². The van der Waals surface area contributed by atoms with Crippen molar-refractivity contribution in [1.29, 1.82) is 0 Å². The molecule has 0 radical (unpaired) electrons. The van der Waals surface area contributed by atoms with E-state index in [1.54, 1.807) is 19.1 Å². The average molecular weight is 284 g/mol. The molecule has 0 saturated heterocycles. The summed E-state index contributed by atoms with van der Waals surface area (Å²) in [4.78, 5) is 0.311. The number of fused-ring (bicyclic) bond motifs is 1. The van der Waals surface area contributed by atoms with Crippen LogP contribution in [0.25, 0.3) is 0 Å². The molecule has 1 unspecified atom stereocenters. The predicted molar refractivity (Wildman–Crippen MR) is 73.9 cm³/mol. The number of nitrogens with one attached hydrogen (secondary N) is 1. The minimum absolute atomic E-state index is 0.0441. The Labute approximate surface area is 114 Å². The number of rotatable bonds is 5. The molecule has 0 spiro atoms. The van der Waals surface area contributed by atoms with Gasteiger partial charge >= 0.3 is 0 Å². The third-order valence-electron chi connectivity index (χ3n) is 3.24. The maximum absolute atomic E-state index is 12.1. The third-order valence-corrected chi connectivity index (χ3v) is 4.76. The first-order chi connectivity index (χ1) is 9.01. The van der Waals surface area contributed by atoms with E-state index in [0.29, 0.717) is 24.4 Å². The monoisotopic (exact) mass is 284 g/mol. The van der Waals surface area contributed by atoms with Crippen molar-refractivity contribution in [2.24, 2.45) is 5.73 Å². The summed E-state index contributed by atoms with van der Waals surface area (Å²) in [5.74, 6) is 0.813. The third kappa shape index (κ3) is 2.75. The van der Waals surface area contributed by atoms with Crippen molar-refractivity contribution < 1.29 is 13.2 Å². The first-order valence-electron chi connectivity index (χ1n) is 6.54. The normalized spacial score (nSPS) is 18.2. The van der Waals surface area contributed by atoms with Crippen LogP contribution in [0.15, 0.2) is 17.0 Å². The topological polar surface area (TPSA) is 81.4 Å². The van der Waals surface area contributed by atoms with Crippen molar-refractivity contribution in [2.45, 2.75) is 37.7 Å². The minimum Gasteiger partial charge on any atom is -0.488 e. The maximum Gasteiger partial charge on any atom is 0.240 e. The number of sulfonamides is 1. The van der Waals surface area contributed by atoms with Gasteiger partial charge in [-0.1, -0.05) is 13.8 Å². The van der Waals surface area contributed by atoms with Crippen molar-refractivity contribution in [3.8, 4) is 5.75 Å². The summed E-state index contributed by atoms with van der Waals surface area (Å²) in [6, 6.07) is 3.39. The first kappa shape index (κ1) is 14.3. The Kier molecular flexibility index (Phi) is 4.13. The Balaban J connectivity index is 2.46. The fourth-order valence-corrected chi connectivity index (χ4v) is 3.44. The van der Waals surface area contributed by atoms with E-state index in [9.17, 15) is 8.42 Å². The van der Waals surface area contributed by atoms with E-state index < -0.39 is 10.0 Å². The molecule has 0 fully saturated rings. The fourth-order valence-electron chi connectivity index (χ4n) is 2.30. The molecular weight excluding hydrogens is 264 g/mol. The van der Waals surface area contributed by atoms with Crippen molar-refractivity contribution in [3.63, 3.8) is 0 Å². The summed E-state index contributed by atoms with van der Waals surface area (Å²) in [5.41, 5.74) is 7.48. The number of benzene rings is 1. The van der Waals surface area contributed by atoms with Crippen LogP contribution in [0.1, 0.15) is 25.0 Å². The van der Waals surface area contributed by atoms with Crippen LogP contribution >= 0.6 is 0 Å². The van der Waals surface area contributed by atoms with E-state index in [0.717, 1.165) is 23.3 Å². The van der Waals surface area contributed by atoms with Crippen molar-refractivity contribution in [2.75, 3.05) is 13.1 Å². The second-order valence-electron chi connectivity index (χ2n) is 4.61. The van der Waals surface area contributed by atoms with Gasteiger partial charge in [0.2, 0.25) is 10.0 Å². The van der Waals surface area contributed by atoms with Gasteiger partial charge in [-0.15, -0.1) is 0 Å². The van der Waals surface area contributed by atoms with Crippen molar-refractivity contribution >= 4 is 10.0 Å². The number of ether oxygens (including phenoxy) is 1. The van der Waals surface area contributed by atoms with Crippen LogP contribution < -0.4 is 15.2 Å². The predicted octanol–water partition coefficient (Wildman–Crippen LogP) is 0.809. The van der Waals surface area contributed by atoms with E-state index in [2.05, 4.69) is 4.72 Å². The molecule has 1 aliphatic rings. The lowest BCUT2D eigenvalue weighted by atomic mass is 10.0. The molecule has 0 bridgehead atoms. The molecule has 5 nitrogen and oxygen atoms in total. The van der Waals surface area contributed by atoms with Crippen LogP contribution in [0.4, 0.5) is 0 Å². The van der Waals surface area contributed by atoms with Gasteiger partial charge in [0.05, 0.1) is 4.90 Å². The number of aryl methyl sites for hydroxylation is 1. The summed E-state index contributed by atoms with van der Waals surface area (Å²) in [6.45, 7) is 4.56. The van der Waals surface area contributed by atoms with Crippen molar-refractivity contribution in [1.82, 2.24) is 4.72 Å². The molecule has 0 aromatic heterocycles. The molecule has 6 heteroatoms. The van der Waals surface area contributed by atoms with Gasteiger partial charge in [-0.25, -0.2) is 13.1 Å². The lowest BCUT2D eigenvalue weighted by molar-refractivity contribution is 0.239. The van der Waals surface area contributed by atoms with Gasteiger partial charge in [-0.05, 0) is 29.7 Å². The van der Waals surface area contributed by atoms with Gasteiger partial charge in [-0.3, -0.25) is 0 Å². The van der Waals surface area contributed by atoms with Gasteiger partial charge in [0.25, 0.3) is 0 Å². The molecule has 1 aliphatic heterocycles. The molecule has 1 aromatic carbocycles. The van der Waals surface area contributed by atoms with E-state index in [1.165, 1.54) is 0 Å². The Morgan fingerprint density at radius 1 is 1.42 bits per heavy atom. The Bertz CT molecular complexity index is 569. The zero-order valence-corrected chi connectivity index (χ0v) is 12.1. The highest BCUT2D eigenvalue weighted by Gasteiger charge is 2.27. The first-order valence-corrected chi connectivity index (χ1v) is 8.02. The zero-order chi connectivity index (χ0) is 14.0. The molecule has 0 saturated carbocycles. The molecule has 3 N–H and O–H groups in total. The van der Waals surface area contributed by atoms with Crippen LogP contribution in [0.2, 0.25) is 0 Å². The Morgan fingerprint density at radius 2 is 2.16 bits per heavy atom. The highest BCUT2D eigenvalue weighted by atomic mass is 32.2. The number of nitrogens with two attached hydrogens (primary N) is 1. The number of hydrogen-bond donors (Lipinski definition) is 2. The van der Waals surface area contributed by atoms with Crippen LogP contribution in [0.3, 0.4) is 0 Å². The van der Waals surface area contributed by atoms with Crippen LogP contribution in [-0.2, 0) is 22.9 Å². The minimum atomic E-state index is -3.43. The molecule has 19 heavy (non-hydrogen) atoms. The van der Waals surface area contributed by atoms with Gasteiger partial charge in [0.1, 0.15) is 11.9 Å². The highest BCUT2D eigenvalue weighted by molar-refractivity contribution is 7.89. The summed E-state index contributed by atoms with van der Waals surface area (Å²) in [5, 5.41) is 0. The summed E-state index contributed by atoms with van der Waals surface area (Å²) < 4.78 is 32.4. The molecule has 106 valence electrons. The smallest absolute Gasteiger partial charge is 0.240 e. The Hall–Kier alpha value is -1.11. The SMILES string of the molecule is CCNS(=O)(=O)c1cc(CC)c2c(c1)CC(CN)O2. The summed E-state index contributed by atoms with van der Waals surface area (Å²) in [7, 11) is -3.43. The molecule has 1 aromatic rings. The maximum atomic E-state index is 12.1. The lowest BCUT2D eigenvalue weighted by Crippen LogP contribution is -2.24. The molecule has 1 atom stereocenters. The van der Waals surface area contributed by atoms with E-state index >= 15 is 0 Å². The molecule has 1 heterocycles. The van der Waals surface area contributed by atoms with E-state index in [1.807, 2.05) is 6.92 Å². The fraction of sp³-hybridized carbons (Fsp3) is 0.538. The standard InChI is InChI=1S/C13H20N2O3S/c1-3-9-6-12(19(16,17)15-4-2)7-10-5-11(8-14)18-13(9)10/h6-7,11,15H,3-5,8,14H2,1-2H3. The summed E-state index contributed by atoms with van der Waals surface area (Å²) in [6.07, 6.45) is 1.36. The van der Waals surface area contributed by atoms with E-state index in [-0.39, 0.29) is 6.10 Å². The largest absolute Gasteiger partial charge is 0.488 e. The second kappa shape index (κ2) is 5.48. The average Bonchev–Trinajstić information content (AvgIpc) is 2.80. The molecule has 2 rings (SSSR count). The van der Waals surface area contributed by atoms with Crippen LogP contribution in [0, 0.1) is 0 Å². The lowest BCUT2D eigenvalue weighted by Gasteiger charge is -2.11. The van der Waals surface area contributed by atoms with Gasteiger partial charge in [0.15, 0.2) is 0 Å². The molecule has 0 aliphatic carbocycles. The van der Waals surface area contributed by atoms with Gasteiger partial charge < -0.3 is 10.5 Å². The van der Waals surface area contributed by atoms with Crippen LogP contribution in [-0.4, -0.2) is 27.6 Å². The highest BCUT2D eigenvalue weighted by Crippen LogP contribution is 2.35. The Morgan fingerprint density at radius 3 is 2.74 bits per heavy atom. The summed E-state index contributed by atoms with van der Waals surface area (Å²) >= 11 is 0.